The summed E-state index contributed by atoms with van der Waals surface area (Å²) in [5.74, 6) is -2.68. The molecule has 0 spiro atoms. The second kappa shape index (κ2) is 10.8. The summed E-state index contributed by atoms with van der Waals surface area (Å²) in [6.45, 7) is 6.35. The first kappa shape index (κ1) is 29.3. The van der Waals surface area contributed by atoms with Crippen LogP contribution in [-0.2, 0) is 27.1 Å². The quantitative estimate of drug-likeness (QED) is 0.323. The van der Waals surface area contributed by atoms with E-state index in [4.69, 9.17) is 0 Å². The van der Waals surface area contributed by atoms with Crippen LogP contribution in [0.15, 0.2) is 55.5 Å². The van der Waals surface area contributed by atoms with Gasteiger partial charge in [-0.15, -0.1) is 0 Å². The van der Waals surface area contributed by atoms with E-state index in [-0.39, 0.29) is 48.7 Å². The summed E-state index contributed by atoms with van der Waals surface area (Å²) in [5, 5.41) is 0. The van der Waals surface area contributed by atoms with Crippen molar-refractivity contribution in [1.82, 2.24) is 19.4 Å². The zero-order chi connectivity index (χ0) is 31.5. The summed E-state index contributed by atoms with van der Waals surface area (Å²) in [7, 11) is 1.45. The van der Waals surface area contributed by atoms with Crippen LogP contribution in [0.4, 0.5) is 34.8 Å². The molecule has 3 aromatic rings. The van der Waals surface area contributed by atoms with Crippen LogP contribution in [0, 0.1) is 18.7 Å². The molecule has 10 nitrogen and oxygen atoms in total. The molecular weight excluding hydrogens is 582 g/mol. The zero-order valence-electron chi connectivity index (χ0n) is 24.0. The van der Waals surface area contributed by atoms with Gasteiger partial charge in [-0.25, -0.2) is 14.4 Å². The number of halogens is 4. The molecule has 1 aromatic carbocycles. The average Bonchev–Trinajstić information content (AvgIpc) is 3.53. The number of aryl methyl sites for hydroxylation is 1. The number of anilines is 3. The first-order valence-electron chi connectivity index (χ1n) is 14.0. The van der Waals surface area contributed by atoms with E-state index >= 15 is 0 Å². The molecule has 0 N–H and O–H groups in total. The van der Waals surface area contributed by atoms with Gasteiger partial charge in [0, 0.05) is 50.9 Å². The van der Waals surface area contributed by atoms with Crippen LogP contribution in [-0.4, -0.2) is 69.9 Å². The topological polar surface area (TPSA) is 94.9 Å². The number of likely N-dealkylation sites (tertiary alicyclic amines) is 1. The number of nitrogens with zero attached hydrogens (tertiary/aromatic N) is 7. The van der Waals surface area contributed by atoms with Gasteiger partial charge in [0.25, 0.3) is 0 Å². The summed E-state index contributed by atoms with van der Waals surface area (Å²) < 4.78 is 57.4. The van der Waals surface area contributed by atoms with Crippen molar-refractivity contribution in [2.45, 2.75) is 38.1 Å². The summed E-state index contributed by atoms with van der Waals surface area (Å²) >= 11 is 0. The van der Waals surface area contributed by atoms with Crippen LogP contribution < -0.4 is 14.7 Å². The van der Waals surface area contributed by atoms with Crippen molar-refractivity contribution in [3.63, 3.8) is 0 Å². The minimum absolute atomic E-state index is 0.0470. The number of benzene rings is 1. The Morgan fingerprint density at radius 3 is 2.57 bits per heavy atom. The molecule has 3 aliphatic heterocycles. The Kier molecular flexibility index (Phi) is 7.17. The Balaban J connectivity index is 1.34. The molecule has 2 aromatic heterocycles. The van der Waals surface area contributed by atoms with Gasteiger partial charge < -0.3 is 19.3 Å². The Morgan fingerprint density at radius 2 is 1.86 bits per heavy atom. The Morgan fingerprint density at radius 1 is 1.11 bits per heavy atom. The Bertz CT molecular complexity index is 1670. The van der Waals surface area contributed by atoms with Gasteiger partial charge in [0.15, 0.2) is 0 Å². The molecule has 5 heterocycles. The molecule has 230 valence electrons. The molecule has 0 saturated carbocycles. The number of amides is 3. The molecule has 2 fully saturated rings. The third kappa shape index (κ3) is 5.18. The van der Waals surface area contributed by atoms with E-state index in [2.05, 4.69) is 16.5 Å². The van der Waals surface area contributed by atoms with Crippen molar-refractivity contribution in [1.29, 1.82) is 0 Å². The summed E-state index contributed by atoms with van der Waals surface area (Å²) in [4.78, 5) is 53.8. The predicted octanol–water partition coefficient (Wildman–Crippen LogP) is 3.72. The van der Waals surface area contributed by atoms with E-state index in [0.717, 1.165) is 17.0 Å². The molecule has 6 rings (SSSR count). The van der Waals surface area contributed by atoms with Crippen molar-refractivity contribution >= 4 is 34.9 Å². The number of hydrogen-bond acceptors (Lipinski definition) is 6. The number of hydrogen-bond donors (Lipinski definition) is 0. The number of rotatable bonds is 5. The normalized spacial score (nSPS) is 20.7. The number of pyridine rings is 1. The Hall–Kier alpha value is -4.75. The molecule has 14 heteroatoms. The number of alkyl halides is 3. The summed E-state index contributed by atoms with van der Waals surface area (Å²) in [5.41, 5.74) is 0.525. The highest BCUT2D eigenvalue weighted by Crippen LogP contribution is 2.41. The first-order chi connectivity index (χ1) is 20.8. The van der Waals surface area contributed by atoms with Crippen molar-refractivity contribution in [2.75, 3.05) is 41.4 Å². The van der Waals surface area contributed by atoms with Gasteiger partial charge in [0.2, 0.25) is 17.7 Å². The van der Waals surface area contributed by atoms with Crippen LogP contribution in [0.5, 0.6) is 0 Å². The molecular formula is C30H29F4N7O3. The lowest BCUT2D eigenvalue weighted by Crippen LogP contribution is -2.52. The monoisotopic (exact) mass is 611 g/mol. The lowest BCUT2D eigenvalue weighted by Gasteiger charge is -2.39. The molecule has 0 bridgehead atoms. The van der Waals surface area contributed by atoms with Crippen molar-refractivity contribution in [3.05, 3.63) is 78.3 Å². The predicted molar refractivity (Wildman–Crippen MR) is 152 cm³/mol. The van der Waals surface area contributed by atoms with Crippen LogP contribution in [0.3, 0.4) is 0 Å². The van der Waals surface area contributed by atoms with Crippen LogP contribution in [0.1, 0.15) is 29.4 Å². The van der Waals surface area contributed by atoms with Gasteiger partial charge >= 0.3 is 6.18 Å². The van der Waals surface area contributed by atoms with Gasteiger partial charge in [-0.2, -0.15) is 13.2 Å². The van der Waals surface area contributed by atoms with E-state index in [0.29, 0.717) is 24.5 Å². The van der Waals surface area contributed by atoms with E-state index in [1.165, 1.54) is 37.1 Å². The average molecular weight is 612 g/mol. The van der Waals surface area contributed by atoms with Gasteiger partial charge in [-0.3, -0.25) is 19.3 Å². The number of carbonyl (C=O) groups is 3. The number of carbonyl (C=O) groups excluding carboxylic acids is 3. The van der Waals surface area contributed by atoms with E-state index < -0.39 is 41.3 Å². The maximum atomic E-state index is 14.5. The molecule has 44 heavy (non-hydrogen) atoms. The van der Waals surface area contributed by atoms with Gasteiger partial charge in [0.05, 0.1) is 41.5 Å². The highest BCUT2D eigenvalue weighted by molar-refractivity contribution is 6.10. The number of likely N-dealkylation sites (N-methyl/N-ethyl adjacent to an activating group) is 1. The van der Waals surface area contributed by atoms with E-state index in [9.17, 15) is 31.9 Å². The van der Waals surface area contributed by atoms with E-state index in [1.54, 1.807) is 17.3 Å². The molecule has 0 unspecified atom stereocenters. The minimum atomic E-state index is -4.68. The van der Waals surface area contributed by atoms with Gasteiger partial charge in [-0.05, 0) is 43.3 Å². The molecule has 0 aliphatic carbocycles. The molecule has 2 atom stereocenters. The fourth-order valence-electron chi connectivity index (χ4n) is 6.18. The highest BCUT2D eigenvalue weighted by Gasteiger charge is 2.49. The van der Waals surface area contributed by atoms with Crippen LogP contribution in [0.25, 0.3) is 0 Å². The van der Waals surface area contributed by atoms with Gasteiger partial charge in [0.1, 0.15) is 17.7 Å². The largest absolute Gasteiger partial charge is 0.416 e. The number of fused-ring (bicyclic) bond motifs is 2. The lowest BCUT2D eigenvalue weighted by atomic mass is 9.95. The van der Waals surface area contributed by atoms with Crippen molar-refractivity contribution < 1.29 is 31.9 Å². The number of aromatic nitrogens is 3. The third-order valence-electron chi connectivity index (χ3n) is 8.40. The number of imidazole rings is 1. The summed E-state index contributed by atoms with van der Waals surface area (Å²) in [6.07, 6.45) is 0.0221. The standard InChI is InChI=1S/C30H29F4N7O3/c1-4-26(42)39-14-22(15-39)40-13-21(35-16-40)12-38-11-18-8-27(43)41(25-9-19(30(32,33)34)7-17(2)36-25)28(18)29(44)37(3)24-10-20(31)5-6-23(24)38/h4-7,9-10,13,16,18,22,28H,1,8,11-12,14-15H2,2-3H3/t18-,28+/m1/s1. The first-order valence-corrected chi connectivity index (χ1v) is 14.0. The molecule has 2 saturated heterocycles. The lowest BCUT2D eigenvalue weighted by molar-refractivity contribution is -0.137. The SMILES string of the molecule is C=CC(=O)N1CC(n2cnc(CN3C[C@H]4CC(=O)N(c5cc(C(F)(F)F)cc(C)n5)[C@@H]4C(=O)N(C)c4cc(F)ccc43)c2)C1. The van der Waals surface area contributed by atoms with Crippen molar-refractivity contribution in [3.8, 4) is 0 Å². The minimum Gasteiger partial charge on any atom is -0.363 e. The second-order valence-corrected chi connectivity index (χ2v) is 11.4. The molecule has 0 radical (unpaired) electrons. The maximum absolute atomic E-state index is 14.5. The fraction of sp³-hybridized carbons (Fsp3) is 0.367. The Labute approximate surface area is 250 Å². The van der Waals surface area contributed by atoms with Crippen LogP contribution >= 0.6 is 0 Å². The molecule has 3 aliphatic rings. The smallest absolute Gasteiger partial charge is 0.363 e. The highest BCUT2D eigenvalue weighted by atomic mass is 19.4. The summed E-state index contributed by atoms with van der Waals surface area (Å²) in [6, 6.07) is 4.60. The molecule has 3 amide bonds. The third-order valence-corrected chi connectivity index (χ3v) is 8.40. The van der Waals surface area contributed by atoms with Crippen molar-refractivity contribution in [2.24, 2.45) is 5.92 Å². The fourth-order valence-corrected chi connectivity index (χ4v) is 6.18. The van der Waals surface area contributed by atoms with Crippen LogP contribution in [0.2, 0.25) is 0 Å². The van der Waals surface area contributed by atoms with E-state index in [1.807, 2.05) is 15.7 Å². The zero-order valence-corrected chi connectivity index (χ0v) is 24.0. The second-order valence-electron chi connectivity index (χ2n) is 11.4. The maximum Gasteiger partial charge on any atom is 0.416 e. The van der Waals surface area contributed by atoms with Gasteiger partial charge in [-0.1, -0.05) is 6.58 Å².